The van der Waals surface area contributed by atoms with Gasteiger partial charge in [0.05, 0.1) is 19.6 Å². The number of hydrazine groups is 1. The molecular formula is C26H28N6O4. The molecule has 4 rings (SSSR count). The number of benzene rings is 2. The zero-order chi connectivity index (χ0) is 25.8. The average molecular weight is 489 g/mol. The smallest absolute Gasteiger partial charge is 0.268 e. The maximum Gasteiger partial charge on any atom is 0.268 e. The number of anilines is 1. The van der Waals surface area contributed by atoms with Crippen molar-refractivity contribution in [2.75, 3.05) is 19.0 Å². The molecule has 2 atom stereocenters. The summed E-state index contributed by atoms with van der Waals surface area (Å²) in [6.45, 7) is 3.83. The monoisotopic (exact) mass is 488 g/mol. The second-order valence-electron chi connectivity index (χ2n) is 9.08. The number of rotatable bonds is 9. The van der Waals surface area contributed by atoms with Crippen LogP contribution in [0.25, 0.3) is 10.9 Å². The first-order chi connectivity index (χ1) is 17.3. The van der Waals surface area contributed by atoms with Crippen LogP contribution in [0.15, 0.2) is 48.5 Å². The van der Waals surface area contributed by atoms with Crippen molar-refractivity contribution in [3.8, 4) is 11.9 Å². The molecule has 10 heteroatoms. The third-order valence-corrected chi connectivity index (χ3v) is 6.06. The quantitative estimate of drug-likeness (QED) is 0.207. The van der Waals surface area contributed by atoms with Crippen molar-refractivity contribution < 1.29 is 19.1 Å². The molecule has 3 aromatic rings. The van der Waals surface area contributed by atoms with E-state index in [4.69, 9.17) is 4.74 Å². The van der Waals surface area contributed by atoms with Gasteiger partial charge in [-0.15, -0.1) is 0 Å². The lowest BCUT2D eigenvalue weighted by molar-refractivity contribution is -0.127. The number of nitrogens with zero attached hydrogens (tertiary/aromatic N) is 2. The van der Waals surface area contributed by atoms with Crippen molar-refractivity contribution in [1.29, 1.82) is 5.26 Å². The minimum Gasteiger partial charge on any atom is -0.496 e. The first-order valence-electron chi connectivity index (χ1n) is 11.6. The lowest BCUT2D eigenvalue weighted by atomic mass is 10.0. The fraction of sp³-hybridized carbons (Fsp3) is 0.308. The van der Waals surface area contributed by atoms with Crippen molar-refractivity contribution >= 4 is 34.3 Å². The highest BCUT2D eigenvalue weighted by Crippen LogP contribution is 2.32. The van der Waals surface area contributed by atoms with Gasteiger partial charge in [0.15, 0.2) is 6.19 Å². The van der Waals surface area contributed by atoms with Gasteiger partial charge in [-0.05, 0) is 42.2 Å². The number of aromatic amines is 1. The largest absolute Gasteiger partial charge is 0.496 e. The van der Waals surface area contributed by atoms with Crippen LogP contribution in [-0.4, -0.2) is 47.4 Å². The number of carbonyl (C=O) groups excluding carboxylic acids is 3. The summed E-state index contributed by atoms with van der Waals surface area (Å²) in [5.74, 6) is -1.14. The molecule has 0 radical (unpaired) electrons. The summed E-state index contributed by atoms with van der Waals surface area (Å²) < 4.78 is 5.35. The van der Waals surface area contributed by atoms with Crippen LogP contribution in [0.5, 0.6) is 5.75 Å². The molecule has 0 saturated carbocycles. The summed E-state index contributed by atoms with van der Waals surface area (Å²) >= 11 is 0. The van der Waals surface area contributed by atoms with Crippen LogP contribution in [0.1, 0.15) is 42.2 Å². The Bertz CT molecular complexity index is 1340. The number of hydrogen-bond donors (Lipinski definition) is 4. The molecule has 2 aromatic carbocycles. The van der Waals surface area contributed by atoms with Crippen LogP contribution < -0.4 is 20.8 Å². The van der Waals surface area contributed by atoms with E-state index in [1.807, 2.05) is 50.4 Å². The molecule has 3 amide bonds. The SMILES string of the molecule is COc1cccc2[nH]c(C(=O)N[C@@H](CC(C)C)C(=O)NN(C#N)CC3C(=O)Nc4ccccc43)cc12. The normalized spacial score (nSPS) is 15.1. The molecule has 4 N–H and O–H groups in total. The van der Waals surface area contributed by atoms with Gasteiger partial charge in [-0.2, -0.15) is 5.26 Å². The lowest BCUT2D eigenvalue weighted by Gasteiger charge is -2.24. The van der Waals surface area contributed by atoms with E-state index in [0.717, 1.165) is 21.5 Å². The van der Waals surface area contributed by atoms with E-state index in [2.05, 4.69) is 21.0 Å². The summed E-state index contributed by atoms with van der Waals surface area (Å²) in [6, 6.07) is 13.4. The van der Waals surface area contributed by atoms with Crippen molar-refractivity contribution in [2.45, 2.75) is 32.2 Å². The Hall–Kier alpha value is -4.52. The number of amides is 3. The van der Waals surface area contributed by atoms with Crippen molar-refractivity contribution in [1.82, 2.24) is 20.7 Å². The zero-order valence-corrected chi connectivity index (χ0v) is 20.3. The predicted octanol–water partition coefficient (Wildman–Crippen LogP) is 2.87. The highest BCUT2D eigenvalue weighted by Gasteiger charge is 2.33. The zero-order valence-electron chi connectivity index (χ0n) is 20.3. The van der Waals surface area contributed by atoms with Crippen molar-refractivity contribution in [3.05, 3.63) is 59.8 Å². The van der Waals surface area contributed by atoms with E-state index in [9.17, 15) is 19.6 Å². The molecule has 2 heterocycles. The number of aromatic nitrogens is 1. The molecule has 0 saturated heterocycles. The standard InChI is InChI=1S/C26H28N6O4/c1-15(2)11-21(30-25(34)22-12-17-20(28-22)9-6-10-23(17)36-3)26(35)31-32(14-27)13-18-16-7-4-5-8-19(16)29-24(18)33/h4-10,12,15,18,21,28H,11,13H2,1-3H3,(H,29,33)(H,30,34)(H,31,35)/t18?,21-/m0/s1. The Balaban J connectivity index is 1.47. The second kappa shape index (κ2) is 10.4. The van der Waals surface area contributed by atoms with Crippen LogP contribution in [0.2, 0.25) is 0 Å². The maximum absolute atomic E-state index is 13.1. The van der Waals surface area contributed by atoms with Crippen molar-refractivity contribution in [3.63, 3.8) is 0 Å². The molecule has 1 aliphatic rings. The van der Waals surface area contributed by atoms with Gasteiger partial charge in [-0.25, -0.2) is 5.01 Å². The molecule has 1 aliphatic heterocycles. The number of ether oxygens (including phenoxy) is 1. The minimum absolute atomic E-state index is 0.0325. The molecule has 0 fully saturated rings. The van der Waals surface area contributed by atoms with Crippen LogP contribution >= 0.6 is 0 Å². The lowest BCUT2D eigenvalue weighted by Crippen LogP contribution is -2.52. The molecule has 1 aromatic heterocycles. The maximum atomic E-state index is 13.1. The first-order valence-corrected chi connectivity index (χ1v) is 11.6. The Kier molecular flexibility index (Phi) is 7.10. The molecule has 1 unspecified atom stereocenters. The Morgan fingerprint density at radius 3 is 2.69 bits per heavy atom. The first kappa shape index (κ1) is 24.6. The van der Waals surface area contributed by atoms with E-state index in [1.54, 1.807) is 25.3 Å². The molecule has 0 spiro atoms. The summed E-state index contributed by atoms with van der Waals surface area (Å²) in [7, 11) is 1.55. The van der Waals surface area contributed by atoms with Gasteiger partial charge in [-0.3, -0.25) is 19.8 Å². The third-order valence-electron chi connectivity index (χ3n) is 6.06. The number of carbonyl (C=O) groups is 3. The minimum atomic E-state index is -0.897. The number of methoxy groups -OCH3 is 1. The fourth-order valence-corrected chi connectivity index (χ4v) is 4.33. The van der Waals surface area contributed by atoms with Gasteiger partial charge in [0.25, 0.3) is 11.8 Å². The molecule has 10 nitrogen and oxygen atoms in total. The Morgan fingerprint density at radius 2 is 1.97 bits per heavy atom. The number of nitriles is 1. The summed E-state index contributed by atoms with van der Waals surface area (Å²) in [6.07, 6.45) is 2.28. The highest BCUT2D eigenvalue weighted by molar-refractivity contribution is 6.03. The van der Waals surface area contributed by atoms with E-state index in [1.165, 1.54) is 0 Å². The van der Waals surface area contributed by atoms with Crippen LogP contribution in [0.4, 0.5) is 5.69 Å². The highest BCUT2D eigenvalue weighted by atomic mass is 16.5. The number of para-hydroxylation sites is 1. The topological polar surface area (TPSA) is 139 Å². The summed E-state index contributed by atoms with van der Waals surface area (Å²) in [5, 5.41) is 17.0. The molecule has 36 heavy (non-hydrogen) atoms. The summed E-state index contributed by atoms with van der Waals surface area (Å²) in [4.78, 5) is 41.7. The molecule has 0 aliphatic carbocycles. The third kappa shape index (κ3) is 5.10. The average Bonchev–Trinajstić information content (AvgIpc) is 3.43. The number of fused-ring (bicyclic) bond motifs is 2. The van der Waals surface area contributed by atoms with Gasteiger partial charge in [0.2, 0.25) is 5.91 Å². The van der Waals surface area contributed by atoms with Crippen LogP contribution in [-0.2, 0) is 9.59 Å². The Labute approximate surface area is 208 Å². The van der Waals surface area contributed by atoms with Gasteiger partial charge in [0.1, 0.15) is 17.5 Å². The second-order valence-corrected chi connectivity index (χ2v) is 9.08. The van der Waals surface area contributed by atoms with Gasteiger partial charge in [0, 0.05) is 16.6 Å². The van der Waals surface area contributed by atoms with E-state index < -0.39 is 23.8 Å². The molecular weight excluding hydrogens is 460 g/mol. The van der Waals surface area contributed by atoms with E-state index >= 15 is 0 Å². The fourth-order valence-electron chi connectivity index (χ4n) is 4.33. The predicted molar refractivity (Wildman–Crippen MR) is 134 cm³/mol. The van der Waals surface area contributed by atoms with E-state index in [-0.39, 0.29) is 24.1 Å². The van der Waals surface area contributed by atoms with Gasteiger partial charge < -0.3 is 20.4 Å². The van der Waals surface area contributed by atoms with Crippen molar-refractivity contribution in [2.24, 2.45) is 5.92 Å². The van der Waals surface area contributed by atoms with Crippen LogP contribution in [0, 0.1) is 17.4 Å². The number of hydrogen-bond acceptors (Lipinski definition) is 6. The van der Waals surface area contributed by atoms with Crippen LogP contribution in [0.3, 0.4) is 0 Å². The number of H-pyrrole nitrogens is 1. The molecule has 186 valence electrons. The van der Waals surface area contributed by atoms with Gasteiger partial charge in [-0.1, -0.05) is 38.1 Å². The number of nitrogens with one attached hydrogen (secondary N) is 4. The van der Waals surface area contributed by atoms with E-state index in [0.29, 0.717) is 17.9 Å². The Morgan fingerprint density at radius 1 is 1.19 bits per heavy atom. The summed E-state index contributed by atoms with van der Waals surface area (Å²) in [5.41, 5.74) is 5.03. The molecule has 0 bridgehead atoms. The van der Waals surface area contributed by atoms with Gasteiger partial charge >= 0.3 is 0 Å².